The average molecular weight is 436 g/mol. The molecule has 3 nitrogen and oxygen atoms in total. The molecule has 0 saturated heterocycles. The molecular weight excluding hydrogens is 394 g/mol. The largest absolute Gasteiger partial charge is 0.388 e. The maximum absolute atomic E-state index is 11.3. The second-order valence-electron chi connectivity index (χ2n) is 12.3. The van der Waals surface area contributed by atoms with Crippen molar-refractivity contribution in [3.63, 3.8) is 0 Å². The summed E-state index contributed by atoms with van der Waals surface area (Å²) >= 11 is 0. The molecule has 1 aromatic carbocycles. The zero-order valence-corrected chi connectivity index (χ0v) is 21.5. The Hall–Kier alpha value is -1.71. The Morgan fingerprint density at radius 2 is 1.72 bits per heavy atom. The van der Waals surface area contributed by atoms with Gasteiger partial charge < -0.3 is 9.84 Å². The predicted molar refractivity (Wildman–Crippen MR) is 131 cm³/mol. The van der Waals surface area contributed by atoms with E-state index in [2.05, 4.69) is 86.6 Å². The molecule has 3 heteroatoms. The minimum absolute atomic E-state index is 0.0478. The number of nitrogens with zero attached hydrogens (tertiary/aromatic N) is 1. The highest BCUT2D eigenvalue weighted by Gasteiger charge is 2.48. The molecule has 3 unspecified atom stereocenters. The summed E-state index contributed by atoms with van der Waals surface area (Å²) in [5.41, 5.74) is 7.89. The molecule has 0 bridgehead atoms. The van der Waals surface area contributed by atoms with Gasteiger partial charge in [0.2, 0.25) is 0 Å². The average Bonchev–Trinajstić information content (AvgIpc) is 2.99. The van der Waals surface area contributed by atoms with Crippen LogP contribution in [0.2, 0.25) is 0 Å². The third kappa shape index (κ3) is 3.82. The molecule has 4 rings (SSSR count). The summed E-state index contributed by atoms with van der Waals surface area (Å²) in [6.45, 7) is 20.0. The van der Waals surface area contributed by atoms with E-state index in [-0.39, 0.29) is 22.9 Å². The number of hydrogen-bond acceptors (Lipinski definition) is 3. The van der Waals surface area contributed by atoms with E-state index in [0.29, 0.717) is 0 Å². The zero-order valence-electron chi connectivity index (χ0n) is 21.5. The van der Waals surface area contributed by atoms with Crippen LogP contribution in [0.25, 0.3) is 0 Å². The number of fused-ring (bicyclic) bond motifs is 3. The number of benzene rings is 1. The van der Waals surface area contributed by atoms with Crippen molar-refractivity contribution in [3.8, 4) is 0 Å². The Kier molecular flexibility index (Phi) is 5.62. The molecule has 0 fully saturated rings. The van der Waals surface area contributed by atoms with Crippen LogP contribution in [0.5, 0.6) is 0 Å². The van der Waals surface area contributed by atoms with E-state index in [0.717, 1.165) is 36.2 Å². The van der Waals surface area contributed by atoms with E-state index in [4.69, 9.17) is 9.72 Å². The molecule has 0 spiro atoms. The Bertz CT molecular complexity index is 1010. The fourth-order valence-electron chi connectivity index (χ4n) is 5.63. The van der Waals surface area contributed by atoms with Crippen molar-refractivity contribution in [2.24, 2.45) is 5.41 Å². The van der Waals surface area contributed by atoms with Gasteiger partial charge in [0.25, 0.3) is 0 Å². The maximum atomic E-state index is 11.3. The fourth-order valence-corrected chi connectivity index (χ4v) is 5.63. The van der Waals surface area contributed by atoms with Crippen molar-refractivity contribution in [1.82, 2.24) is 4.98 Å². The number of aliphatic hydroxyl groups is 1. The highest BCUT2D eigenvalue weighted by molar-refractivity contribution is 5.54. The van der Waals surface area contributed by atoms with E-state index >= 15 is 0 Å². The normalized spacial score (nSPS) is 26.8. The van der Waals surface area contributed by atoms with Gasteiger partial charge in [-0.25, -0.2) is 0 Å². The number of ether oxygens (including phenoxy) is 1. The van der Waals surface area contributed by atoms with Crippen LogP contribution in [0.1, 0.15) is 132 Å². The van der Waals surface area contributed by atoms with Gasteiger partial charge in [0, 0.05) is 22.5 Å². The summed E-state index contributed by atoms with van der Waals surface area (Å²) in [4.78, 5) is 5.22. The molecule has 1 aromatic heterocycles. The van der Waals surface area contributed by atoms with Crippen LogP contribution < -0.4 is 0 Å². The van der Waals surface area contributed by atoms with Gasteiger partial charge in [0.1, 0.15) is 6.10 Å². The topological polar surface area (TPSA) is 42.4 Å². The smallest absolute Gasteiger partial charge is 0.111 e. The quantitative estimate of drug-likeness (QED) is 0.552. The molecule has 174 valence electrons. The minimum atomic E-state index is -0.493. The predicted octanol–water partition coefficient (Wildman–Crippen LogP) is 7.25. The zero-order chi connectivity index (χ0) is 23.6. The van der Waals surface area contributed by atoms with Gasteiger partial charge >= 0.3 is 0 Å². The van der Waals surface area contributed by atoms with Gasteiger partial charge in [0.15, 0.2) is 0 Å². The van der Waals surface area contributed by atoms with Gasteiger partial charge in [-0.3, -0.25) is 4.98 Å². The van der Waals surface area contributed by atoms with E-state index in [1.54, 1.807) is 0 Å². The van der Waals surface area contributed by atoms with Gasteiger partial charge in [-0.05, 0) is 59.6 Å². The molecule has 0 amide bonds. The first-order chi connectivity index (χ1) is 14.8. The van der Waals surface area contributed by atoms with Gasteiger partial charge in [-0.1, -0.05) is 79.7 Å². The molecule has 1 aliphatic carbocycles. The van der Waals surface area contributed by atoms with E-state index in [9.17, 15) is 5.11 Å². The molecular formula is C29H41NO2. The van der Waals surface area contributed by atoms with E-state index in [1.165, 1.54) is 22.3 Å². The summed E-state index contributed by atoms with van der Waals surface area (Å²) in [7, 11) is 0. The van der Waals surface area contributed by atoms with Crippen molar-refractivity contribution in [2.75, 3.05) is 0 Å². The SMILES string of the molecule is CCC1(C)OC(c2ccc(C(C)(C)C)cc2)c2c(C(C)C)nc3c(c21)C(O)CC(C)(C)C3. The molecule has 0 radical (unpaired) electrons. The maximum Gasteiger partial charge on any atom is 0.111 e. The number of hydrogen-bond donors (Lipinski definition) is 1. The van der Waals surface area contributed by atoms with Gasteiger partial charge in [-0.2, -0.15) is 0 Å². The Balaban J connectivity index is 1.95. The highest BCUT2D eigenvalue weighted by Crippen LogP contribution is 2.55. The first-order valence-corrected chi connectivity index (χ1v) is 12.3. The Labute approximate surface area is 194 Å². The molecule has 2 aromatic rings. The lowest BCUT2D eigenvalue weighted by atomic mass is 9.70. The van der Waals surface area contributed by atoms with Crippen LogP contribution in [0.3, 0.4) is 0 Å². The van der Waals surface area contributed by atoms with Crippen LogP contribution in [0, 0.1) is 5.41 Å². The van der Waals surface area contributed by atoms with Crippen LogP contribution in [-0.2, 0) is 22.2 Å². The standard InChI is InChI=1S/C29H41NO2/c1-10-29(9)24-22-20(15-28(7,8)16-21(22)31)30-25(17(2)3)23(24)26(32-29)18-11-13-19(14-12-18)27(4,5)6/h11-14,17,21,26,31H,10,15-16H2,1-9H3. The third-order valence-corrected chi connectivity index (χ3v) is 7.58. The van der Waals surface area contributed by atoms with Crippen molar-refractivity contribution in [1.29, 1.82) is 0 Å². The number of aromatic nitrogens is 1. The molecule has 0 saturated carbocycles. The second kappa shape index (κ2) is 7.67. The number of aliphatic hydroxyl groups excluding tert-OH is 1. The molecule has 1 aliphatic heterocycles. The lowest BCUT2D eigenvalue weighted by Gasteiger charge is -2.38. The van der Waals surface area contributed by atoms with Crippen molar-refractivity contribution in [3.05, 3.63) is 63.5 Å². The van der Waals surface area contributed by atoms with Crippen LogP contribution in [-0.4, -0.2) is 10.1 Å². The molecule has 2 aliphatic rings. The van der Waals surface area contributed by atoms with Crippen LogP contribution >= 0.6 is 0 Å². The molecule has 2 heterocycles. The Morgan fingerprint density at radius 3 is 2.25 bits per heavy atom. The number of rotatable bonds is 3. The third-order valence-electron chi connectivity index (χ3n) is 7.58. The first-order valence-electron chi connectivity index (χ1n) is 12.3. The highest BCUT2D eigenvalue weighted by atomic mass is 16.5. The molecule has 32 heavy (non-hydrogen) atoms. The first kappa shape index (κ1) is 23.4. The molecule has 1 N–H and O–H groups in total. The molecule has 3 atom stereocenters. The summed E-state index contributed by atoms with van der Waals surface area (Å²) < 4.78 is 6.89. The monoisotopic (exact) mass is 435 g/mol. The van der Waals surface area contributed by atoms with Crippen LogP contribution in [0.4, 0.5) is 0 Å². The second-order valence-corrected chi connectivity index (χ2v) is 12.3. The summed E-state index contributed by atoms with van der Waals surface area (Å²) in [6.07, 6.45) is 1.88. The Morgan fingerprint density at radius 1 is 1.09 bits per heavy atom. The lowest BCUT2D eigenvalue weighted by molar-refractivity contribution is -0.0521. The van der Waals surface area contributed by atoms with Crippen molar-refractivity contribution >= 4 is 0 Å². The van der Waals surface area contributed by atoms with Crippen LogP contribution in [0.15, 0.2) is 24.3 Å². The van der Waals surface area contributed by atoms with Crippen molar-refractivity contribution in [2.45, 2.75) is 111 Å². The fraction of sp³-hybridized carbons (Fsp3) is 0.621. The summed E-state index contributed by atoms with van der Waals surface area (Å²) in [6, 6.07) is 8.91. The summed E-state index contributed by atoms with van der Waals surface area (Å²) in [5.74, 6) is 0.287. The summed E-state index contributed by atoms with van der Waals surface area (Å²) in [5, 5.41) is 11.3. The minimum Gasteiger partial charge on any atom is -0.388 e. The lowest BCUT2D eigenvalue weighted by Crippen LogP contribution is -2.31. The van der Waals surface area contributed by atoms with Crippen molar-refractivity contribution < 1.29 is 9.84 Å². The van der Waals surface area contributed by atoms with Gasteiger partial charge in [0.05, 0.1) is 11.7 Å². The number of pyridine rings is 1. The van der Waals surface area contributed by atoms with E-state index in [1.807, 2.05) is 0 Å². The van der Waals surface area contributed by atoms with Gasteiger partial charge in [-0.15, -0.1) is 0 Å². The van der Waals surface area contributed by atoms with E-state index < -0.39 is 11.7 Å².